The first-order chi connectivity index (χ1) is 5.20. The van der Waals surface area contributed by atoms with Gasteiger partial charge in [-0.25, -0.2) is 0 Å². The van der Waals surface area contributed by atoms with Crippen molar-refractivity contribution in [2.45, 2.75) is 52.7 Å². The monoisotopic (exact) mass is 156 g/mol. The van der Waals surface area contributed by atoms with Crippen molar-refractivity contribution in [3.63, 3.8) is 0 Å². The molecule has 1 aliphatic heterocycles. The fraction of sp³-hybridized carbons (Fsp3) is 1.00. The van der Waals surface area contributed by atoms with E-state index in [9.17, 15) is 0 Å². The standard InChI is InChI=1S/C10H20O/c1-5-9-7(3)8(4)10(6-2)11-9/h7-10H,5-6H2,1-4H3. The maximum atomic E-state index is 5.88. The molecule has 4 atom stereocenters. The summed E-state index contributed by atoms with van der Waals surface area (Å²) >= 11 is 0. The van der Waals surface area contributed by atoms with E-state index >= 15 is 0 Å². The molecule has 0 radical (unpaired) electrons. The Morgan fingerprint density at radius 1 is 0.909 bits per heavy atom. The van der Waals surface area contributed by atoms with Crippen LogP contribution in [0.2, 0.25) is 0 Å². The summed E-state index contributed by atoms with van der Waals surface area (Å²) in [5, 5.41) is 0. The summed E-state index contributed by atoms with van der Waals surface area (Å²) < 4.78 is 5.88. The summed E-state index contributed by atoms with van der Waals surface area (Å²) in [6.07, 6.45) is 3.38. The summed E-state index contributed by atoms with van der Waals surface area (Å²) in [7, 11) is 0. The Kier molecular flexibility index (Phi) is 2.94. The van der Waals surface area contributed by atoms with Crippen molar-refractivity contribution in [2.24, 2.45) is 11.8 Å². The van der Waals surface area contributed by atoms with Crippen molar-refractivity contribution in [1.29, 1.82) is 0 Å². The van der Waals surface area contributed by atoms with Crippen molar-refractivity contribution in [1.82, 2.24) is 0 Å². The van der Waals surface area contributed by atoms with Crippen molar-refractivity contribution in [2.75, 3.05) is 0 Å². The number of hydrogen-bond donors (Lipinski definition) is 0. The van der Waals surface area contributed by atoms with E-state index in [1.807, 2.05) is 0 Å². The average Bonchev–Trinajstić information content (AvgIpc) is 2.30. The summed E-state index contributed by atoms with van der Waals surface area (Å²) in [4.78, 5) is 0. The zero-order chi connectivity index (χ0) is 8.43. The zero-order valence-corrected chi connectivity index (χ0v) is 8.13. The van der Waals surface area contributed by atoms with Crippen LogP contribution in [0.15, 0.2) is 0 Å². The summed E-state index contributed by atoms with van der Waals surface area (Å²) in [6, 6.07) is 0. The van der Waals surface area contributed by atoms with E-state index < -0.39 is 0 Å². The molecule has 1 aliphatic rings. The van der Waals surface area contributed by atoms with Crippen LogP contribution in [0.4, 0.5) is 0 Å². The van der Waals surface area contributed by atoms with E-state index in [0.29, 0.717) is 12.2 Å². The molecule has 0 aromatic heterocycles. The maximum Gasteiger partial charge on any atom is 0.0605 e. The fourth-order valence-corrected chi connectivity index (χ4v) is 2.09. The molecule has 0 spiro atoms. The molecule has 0 N–H and O–H groups in total. The van der Waals surface area contributed by atoms with Gasteiger partial charge in [-0.05, 0) is 24.7 Å². The fourth-order valence-electron chi connectivity index (χ4n) is 2.09. The molecule has 1 saturated heterocycles. The average molecular weight is 156 g/mol. The predicted molar refractivity (Wildman–Crippen MR) is 47.6 cm³/mol. The van der Waals surface area contributed by atoms with Crippen LogP contribution in [0, 0.1) is 11.8 Å². The second-order valence-electron chi connectivity index (χ2n) is 3.75. The maximum absolute atomic E-state index is 5.88. The molecule has 1 fully saturated rings. The Morgan fingerprint density at radius 3 is 1.45 bits per heavy atom. The van der Waals surface area contributed by atoms with Gasteiger partial charge in [0.05, 0.1) is 12.2 Å². The Hall–Kier alpha value is -0.0400. The van der Waals surface area contributed by atoms with Crippen molar-refractivity contribution >= 4 is 0 Å². The van der Waals surface area contributed by atoms with Gasteiger partial charge < -0.3 is 4.74 Å². The number of hydrogen-bond acceptors (Lipinski definition) is 1. The lowest BCUT2D eigenvalue weighted by Gasteiger charge is -2.13. The highest BCUT2D eigenvalue weighted by atomic mass is 16.5. The smallest absolute Gasteiger partial charge is 0.0605 e. The second kappa shape index (κ2) is 3.57. The molecule has 66 valence electrons. The lowest BCUT2D eigenvalue weighted by molar-refractivity contribution is 0.0272. The van der Waals surface area contributed by atoms with Gasteiger partial charge in [-0.1, -0.05) is 27.7 Å². The van der Waals surface area contributed by atoms with Crippen molar-refractivity contribution in [3.05, 3.63) is 0 Å². The van der Waals surface area contributed by atoms with Gasteiger partial charge in [-0.15, -0.1) is 0 Å². The SMILES string of the molecule is CCC1OC(CC)C(C)C1C. The van der Waals surface area contributed by atoms with Gasteiger partial charge in [-0.3, -0.25) is 0 Å². The van der Waals surface area contributed by atoms with Crippen LogP contribution < -0.4 is 0 Å². The third-order valence-electron chi connectivity index (χ3n) is 3.16. The topological polar surface area (TPSA) is 9.23 Å². The molecular formula is C10H20O. The Morgan fingerprint density at radius 2 is 1.27 bits per heavy atom. The highest BCUT2D eigenvalue weighted by Crippen LogP contribution is 2.34. The zero-order valence-electron chi connectivity index (χ0n) is 8.13. The molecule has 0 bridgehead atoms. The Labute approximate surface area is 70.1 Å². The van der Waals surface area contributed by atoms with Gasteiger partial charge >= 0.3 is 0 Å². The van der Waals surface area contributed by atoms with Gasteiger partial charge in [0, 0.05) is 0 Å². The van der Waals surface area contributed by atoms with E-state index in [2.05, 4.69) is 27.7 Å². The number of rotatable bonds is 2. The van der Waals surface area contributed by atoms with Crippen LogP contribution in [0.25, 0.3) is 0 Å². The van der Waals surface area contributed by atoms with Gasteiger partial charge in [0.25, 0.3) is 0 Å². The van der Waals surface area contributed by atoms with Crippen LogP contribution in [-0.4, -0.2) is 12.2 Å². The van der Waals surface area contributed by atoms with Crippen molar-refractivity contribution < 1.29 is 4.74 Å². The highest BCUT2D eigenvalue weighted by molar-refractivity contribution is 4.83. The molecule has 1 heteroatoms. The third-order valence-corrected chi connectivity index (χ3v) is 3.16. The minimum absolute atomic E-state index is 0.523. The van der Waals surface area contributed by atoms with Gasteiger partial charge in [0.1, 0.15) is 0 Å². The summed E-state index contributed by atoms with van der Waals surface area (Å²) in [5.41, 5.74) is 0. The largest absolute Gasteiger partial charge is 0.374 e. The van der Waals surface area contributed by atoms with Gasteiger partial charge in [0.15, 0.2) is 0 Å². The third kappa shape index (κ3) is 1.58. The number of ether oxygens (including phenoxy) is 1. The molecule has 1 rings (SSSR count). The minimum Gasteiger partial charge on any atom is -0.374 e. The van der Waals surface area contributed by atoms with E-state index in [1.54, 1.807) is 0 Å². The summed E-state index contributed by atoms with van der Waals surface area (Å²) in [5.74, 6) is 1.51. The van der Waals surface area contributed by atoms with Crippen LogP contribution in [0.3, 0.4) is 0 Å². The molecule has 0 aliphatic carbocycles. The van der Waals surface area contributed by atoms with Gasteiger partial charge in [-0.2, -0.15) is 0 Å². The van der Waals surface area contributed by atoms with Gasteiger partial charge in [0.2, 0.25) is 0 Å². The molecule has 0 amide bonds. The van der Waals surface area contributed by atoms with E-state index in [0.717, 1.165) is 11.8 Å². The lowest BCUT2D eigenvalue weighted by Crippen LogP contribution is -2.15. The van der Waals surface area contributed by atoms with E-state index in [1.165, 1.54) is 12.8 Å². The van der Waals surface area contributed by atoms with Crippen LogP contribution in [0.5, 0.6) is 0 Å². The van der Waals surface area contributed by atoms with Crippen LogP contribution in [-0.2, 0) is 4.74 Å². The van der Waals surface area contributed by atoms with E-state index in [-0.39, 0.29) is 0 Å². The lowest BCUT2D eigenvalue weighted by atomic mass is 9.89. The Balaban J connectivity index is 2.53. The molecule has 4 unspecified atom stereocenters. The molecule has 0 aromatic rings. The summed E-state index contributed by atoms with van der Waals surface area (Å²) in [6.45, 7) is 9.06. The van der Waals surface area contributed by atoms with Crippen LogP contribution >= 0.6 is 0 Å². The van der Waals surface area contributed by atoms with Crippen molar-refractivity contribution in [3.8, 4) is 0 Å². The van der Waals surface area contributed by atoms with Crippen LogP contribution in [0.1, 0.15) is 40.5 Å². The predicted octanol–water partition coefficient (Wildman–Crippen LogP) is 2.85. The molecule has 0 aromatic carbocycles. The molecular weight excluding hydrogens is 136 g/mol. The Bertz CT molecular complexity index is 104. The second-order valence-corrected chi connectivity index (χ2v) is 3.75. The molecule has 1 heterocycles. The highest BCUT2D eigenvalue weighted by Gasteiger charge is 2.36. The minimum atomic E-state index is 0.523. The normalized spacial score (nSPS) is 44.7. The molecule has 1 nitrogen and oxygen atoms in total. The first-order valence-corrected chi connectivity index (χ1v) is 4.86. The van der Waals surface area contributed by atoms with E-state index in [4.69, 9.17) is 4.74 Å². The first-order valence-electron chi connectivity index (χ1n) is 4.86. The quantitative estimate of drug-likeness (QED) is 0.597. The molecule has 11 heavy (non-hydrogen) atoms. The molecule has 0 saturated carbocycles. The first kappa shape index (κ1) is 9.05.